The van der Waals surface area contributed by atoms with Crippen molar-refractivity contribution in [2.75, 3.05) is 23.8 Å². The van der Waals surface area contributed by atoms with Gasteiger partial charge in [-0.1, -0.05) is 36.4 Å². The van der Waals surface area contributed by atoms with Crippen molar-refractivity contribution in [1.29, 1.82) is 0 Å². The number of hydrogen-bond donors (Lipinski definition) is 2. The van der Waals surface area contributed by atoms with Gasteiger partial charge < -0.3 is 20.1 Å². The Kier molecular flexibility index (Phi) is 8.51. The van der Waals surface area contributed by atoms with Crippen LogP contribution < -0.4 is 20.1 Å². The highest BCUT2D eigenvalue weighted by Gasteiger charge is 2.14. The minimum atomic E-state index is -0.311. The summed E-state index contributed by atoms with van der Waals surface area (Å²) in [6.07, 6.45) is 0. The molecule has 0 spiro atoms. The Hall–Kier alpha value is -4.91. The monoisotopic (exact) mass is 508 g/mol. The second-order valence-corrected chi connectivity index (χ2v) is 8.32. The van der Waals surface area contributed by atoms with Crippen molar-refractivity contribution < 1.29 is 23.9 Å². The molecule has 4 rings (SSSR count). The number of hydrogen-bond acceptors (Lipinski definition) is 5. The van der Waals surface area contributed by atoms with Gasteiger partial charge >= 0.3 is 0 Å². The van der Waals surface area contributed by atoms with E-state index in [1.807, 2.05) is 13.8 Å². The van der Waals surface area contributed by atoms with Crippen LogP contribution in [0, 0.1) is 0 Å². The third-order valence-electron chi connectivity index (χ3n) is 5.58. The summed E-state index contributed by atoms with van der Waals surface area (Å²) in [6.45, 7) is 4.75. The minimum Gasteiger partial charge on any atom is -0.494 e. The van der Waals surface area contributed by atoms with Gasteiger partial charge in [0.05, 0.1) is 13.2 Å². The standard InChI is InChI=1S/C31H28N2O5/c1-3-37-27-15-7-11-23(19-27)30(35)32-25-13-5-9-21(17-25)29(34)22-10-6-14-26(18-22)33-31(36)24-12-8-16-28(20-24)38-4-2/h5-20H,3-4H2,1-2H3,(H,32,35)(H,33,36). The van der Waals surface area contributed by atoms with Crippen molar-refractivity contribution in [3.05, 3.63) is 119 Å². The van der Waals surface area contributed by atoms with Gasteiger partial charge in [0.1, 0.15) is 11.5 Å². The quantitative estimate of drug-likeness (QED) is 0.248. The number of ether oxygens (including phenoxy) is 2. The molecule has 2 N–H and O–H groups in total. The molecule has 2 amide bonds. The highest BCUT2D eigenvalue weighted by molar-refractivity contribution is 6.11. The summed E-state index contributed by atoms with van der Waals surface area (Å²) in [6, 6.07) is 27.2. The van der Waals surface area contributed by atoms with Gasteiger partial charge in [-0.2, -0.15) is 0 Å². The first kappa shape index (κ1) is 26.2. The molecule has 0 radical (unpaired) electrons. The van der Waals surface area contributed by atoms with Gasteiger partial charge in [0.25, 0.3) is 11.8 Å². The van der Waals surface area contributed by atoms with Crippen LogP contribution >= 0.6 is 0 Å². The zero-order chi connectivity index (χ0) is 26.9. The third-order valence-corrected chi connectivity index (χ3v) is 5.58. The number of carbonyl (C=O) groups excluding carboxylic acids is 3. The topological polar surface area (TPSA) is 93.7 Å². The van der Waals surface area contributed by atoms with E-state index in [2.05, 4.69) is 10.6 Å². The Balaban J connectivity index is 1.47. The molecular weight excluding hydrogens is 480 g/mol. The van der Waals surface area contributed by atoms with E-state index in [1.54, 1.807) is 97.1 Å². The fourth-order valence-electron chi connectivity index (χ4n) is 3.84. The highest BCUT2D eigenvalue weighted by atomic mass is 16.5. The summed E-state index contributed by atoms with van der Waals surface area (Å²) in [5.41, 5.74) is 2.67. The Morgan fingerprint density at radius 2 is 0.947 bits per heavy atom. The van der Waals surface area contributed by atoms with Crippen LogP contribution in [0.1, 0.15) is 50.5 Å². The molecule has 0 fully saturated rings. The highest BCUT2D eigenvalue weighted by Crippen LogP contribution is 2.21. The largest absolute Gasteiger partial charge is 0.494 e. The Morgan fingerprint density at radius 1 is 0.553 bits per heavy atom. The first-order chi connectivity index (χ1) is 18.5. The second-order valence-electron chi connectivity index (χ2n) is 8.32. The molecule has 7 nitrogen and oxygen atoms in total. The van der Waals surface area contributed by atoms with Crippen molar-refractivity contribution >= 4 is 29.0 Å². The lowest BCUT2D eigenvalue weighted by Gasteiger charge is -2.10. The molecule has 7 heteroatoms. The maximum Gasteiger partial charge on any atom is 0.255 e. The van der Waals surface area contributed by atoms with Gasteiger partial charge in [-0.3, -0.25) is 14.4 Å². The summed E-state index contributed by atoms with van der Waals surface area (Å²) < 4.78 is 10.9. The summed E-state index contributed by atoms with van der Waals surface area (Å²) in [7, 11) is 0. The SMILES string of the molecule is CCOc1cccc(C(=O)Nc2cccc(C(=O)c3cccc(NC(=O)c4cccc(OCC)c4)c3)c2)c1. The molecule has 0 saturated carbocycles. The molecule has 4 aromatic carbocycles. The van der Waals surface area contributed by atoms with E-state index in [0.29, 0.717) is 58.3 Å². The number of ketones is 1. The van der Waals surface area contributed by atoms with Gasteiger partial charge in [-0.05, 0) is 74.5 Å². The van der Waals surface area contributed by atoms with Crippen LogP contribution in [0.2, 0.25) is 0 Å². The van der Waals surface area contributed by atoms with Gasteiger partial charge in [-0.15, -0.1) is 0 Å². The van der Waals surface area contributed by atoms with Crippen LogP contribution in [0.5, 0.6) is 11.5 Å². The zero-order valence-electron chi connectivity index (χ0n) is 21.2. The number of rotatable bonds is 10. The first-order valence-electron chi connectivity index (χ1n) is 12.3. The number of nitrogens with one attached hydrogen (secondary N) is 2. The van der Waals surface area contributed by atoms with Gasteiger partial charge in [0, 0.05) is 33.6 Å². The lowest BCUT2D eigenvalue weighted by molar-refractivity contribution is 0.101. The fourth-order valence-corrected chi connectivity index (χ4v) is 3.84. The lowest BCUT2D eigenvalue weighted by atomic mass is 10.0. The minimum absolute atomic E-state index is 0.242. The molecule has 0 aromatic heterocycles. The van der Waals surface area contributed by atoms with Crippen LogP contribution in [-0.4, -0.2) is 30.8 Å². The van der Waals surface area contributed by atoms with Crippen molar-refractivity contribution in [1.82, 2.24) is 0 Å². The predicted octanol–water partition coefficient (Wildman–Crippen LogP) is 6.22. The van der Waals surface area contributed by atoms with Gasteiger partial charge in [0.2, 0.25) is 0 Å². The summed E-state index contributed by atoms with van der Waals surface area (Å²) >= 11 is 0. The molecule has 0 heterocycles. The summed E-state index contributed by atoms with van der Waals surface area (Å²) in [5.74, 6) is 0.355. The average molecular weight is 509 g/mol. The Morgan fingerprint density at radius 3 is 1.37 bits per heavy atom. The van der Waals surface area contributed by atoms with Crippen LogP contribution in [-0.2, 0) is 0 Å². The zero-order valence-corrected chi connectivity index (χ0v) is 21.2. The molecule has 0 bridgehead atoms. The lowest BCUT2D eigenvalue weighted by Crippen LogP contribution is -2.13. The smallest absolute Gasteiger partial charge is 0.255 e. The van der Waals surface area contributed by atoms with Crippen LogP contribution in [0.3, 0.4) is 0 Å². The van der Waals surface area contributed by atoms with Crippen molar-refractivity contribution in [3.63, 3.8) is 0 Å². The number of benzene rings is 4. The number of carbonyl (C=O) groups is 3. The van der Waals surface area contributed by atoms with E-state index in [1.165, 1.54) is 0 Å². The molecule has 0 aliphatic heterocycles. The molecule has 192 valence electrons. The van der Waals surface area contributed by atoms with Gasteiger partial charge in [0.15, 0.2) is 5.78 Å². The number of amides is 2. The predicted molar refractivity (Wildman–Crippen MR) is 147 cm³/mol. The van der Waals surface area contributed by atoms with E-state index < -0.39 is 0 Å². The fraction of sp³-hybridized carbons (Fsp3) is 0.129. The van der Waals surface area contributed by atoms with Crippen LogP contribution in [0.25, 0.3) is 0 Å². The Bertz CT molecular complexity index is 1360. The first-order valence-corrected chi connectivity index (χ1v) is 12.3. The number of anilines is 2. The van der Waals surface area contributed by atoms with E-state index in [4.69, 9.17) is 9.47 Å². The molecule has 38 heavy (non-hydrogen) atoms. The van der Waals surface area contributed by atoms with Crippen LogP contribution in [0.15, 0.2) is 97.1 Å². The third kappa shape index (κ3) is 6.64. The maximum atomic E-state index is 13.2. The van der Waals surface area contributed by atoms with Crippen LogP contribution in [0.4, 0.5) is 11.4 Å². The normalized spacial score (nSPS) is 10.4. The van der Waals surface area contributed by atoms with Gasteiger partial charge in [-0.25, -0.2) is 0 Å². The maximum absolute atomic E-state index is 13.2. The van der Waals surface area contributed by atoms with E-state index in [0.717, 1.165) is 0 Å². The summed E-state index contributed by atoms with van der Waals surface area (Å²) in [4.78, 5) is 38.7. The van der Waals surface area contributed by atoms with E-state index in [9.17, 15) is 14.4 Å². The summed E-state index contributed by atoms with van der Waals surface area (Å²) in [5, 5.41) is 5.66. The van der Waals surface area contributed by atoms with Crippen molar-refractivity contribution in [2.24, 2.45) is 0 Å². The van der Waals surface area contributed by atoms with Crippen molar-refractivity contribution in [3.8, 4) is 11.5 Å². The molecule has 0 atom stereocenters. The molecule has 0 unspecified atom stereocenters. The average Bonchev–Trinajstić information content (AvgIpc) is 2.93. The Labute approximate surface area is 221 Å². The molecular formula is C31H28N2O5. The molecule has 4 aromatic rings. The van der Waals surface area contributed by atoms with Crippen molar-refractivity contribution in [2.45, 2.75) is 13.8 Å². The van der Waals surface area contributed by atoms with E-state index in [-0.39, 0.29) is 17.6 Å². The second kappa shape index (κ2) is 12.4. The molecule has 0 aliphatic carbocycles. The van der Waals surface area contributed by atoms with E-state index >= 15 is 0 Å². The molecule has 0 saturated heterocycles. The molecule has 0 aliphatic rings.